The van der Waals surface area contributed by atoms with Gasteiger partial charge in [-0.2, -0.15) is 0 Å². The molecule has 1 aliphatic carbocycles. The van der Waals surface area contributed by atoms with E-state index in [1.54, 1.807) is 0 Å². The van der Waals surface area contributed by atoms with Crippen LogP contribution in [0.15, 0.2) is 30.3 Å². The summed E-state index contributed by atoms with van der Waals surface area (Å²) in [6, 6.07) is 10.9. The fraction of sp³-hybridized carbons (Fsp3) is 0.682. The summed E-state index contributed by atoms with van der Waals surface area (Å²) in [7, 11) is 0. The Morgan fingerprint density at radius 1 is 1.19 bits per heavy atom. The number of carbonyl (C=O) groups is 1. The summed E-state index contributed by atoms with van der Waals surface area (Å²) >= 11 is 0. The Hall–Kier alpha value is -1.39. The van der Waals surface area contributed by atoms with Crippen LogP contribution in [0.3, 0.4) is 0 Å². The molecule has 1 amide bonds. The number of likely N-dealkylation sites (tertiary alicyclic amines) is 1. The molecular formula is C22H35N3O. The van der Waals surface area contributed by atoms with Crippen LogP contribution in [0.1, 0.15) is 64.0 Å². The number of carbonyl (C=O) groups excluding carboxylic acids is 1. The highest BCUT2D eigenvalue weighted by Crippen LogP contribution is 2.34. The van der Waals surface area contributed by atoms with Crippen LogP contribution < -0.4 is 11.1 Å². The minimum atomic E-state index is 0.0702. The molecule has 1 heterocycles. The molecule has 1 aromatic carbocycles. The molecule has 2 atom stereocenters. The van der Waals surface area contributed by atoms with E-state index >= 15 is 0 Å². The SMILES string of the molecule is CC1(C)CN(CC(=O)NC(c2ccccc2)C2CCCCC2)CCC1N. The van der Waals surface area contributed by atoms with Crippen molar-refractivity contribution in [2.75, 3.05) is 19.6 Å². The van der Waals surface area contributed by atoms with E-state index in [0.717, 1.165) is 19.5 Å². The quantitative estimate of drug-likeness (QED) is 0.848. The molecule has 1 aliphatic heterocycles. The second kappa shape index (κ2) is 8.53. The van der Waals surface area contributed by atoms with Crippen LogP contribution in [0.2, 0.25) is 0 Å². The van der Waals surface area contributed by atoms with Gasteiger partial charge in [0.15, 0.2) is 0 Å². The molecule has 4 nitrogen and oxygen atoms in total. The van der Waals surface area contributed by atoms with Crippen LogP contribution in [0.4, 0.5) is 0 Å². The fourth-order valence-electron chi connectivity index (χ4n) is 4.64. The van der Waals surface area contributed by atoms with Crippen LogP contribution in [-0.2, 0) is 4.79 Å². The lowest BCUT2D eigenvalue weighted by Gasteiger charge is -2.42. The van der Waals surface area contributed by atoms with E-state index in [1.165, 1.54) is 37.7 Å². The number of hydrogen-bond acceptors (Lipinski definition) is 3. The first-order valence-electron chi connectivity index (χ1n) is 10.3. The van der Waals surface area contributed by atoms with Crippen LogP contribution in [-0.4, -0.2) is 36.5 Å². The molecule has 0 bridgehead atoms. The molecule has 0 radical (unpaired) electrons. The molecule has 0 aromatic heterocycles. The number of rotatable bonds is 5. The molecule has 2 aliphatic rings. The van der Waals surface area contributed by atoms with Crippen molar-refractivity contribution in [3.63, 3.8) is 0 Å². The first-order chi connectivity index (χ1) is 12.5. The molecule has 1 saturated carbocycles. The highest BCUT2D eigenvalue weighted by molar-refractivity contribution is 5.78. The van der Waals surface area contributed by atoms with Gasteiger partial charge in [-0.15, -0.1) is 0 Å². The summed E-state index contributed by atoms with van der Waals surface area (Å²) in [6.07, 6.45) is 7.28. The van der Waals surface area contributed by atoms with E-state index in [-0.39, 0.29) is 23.4 Å². The lowest BCUT2D eigenvalue weighted by atomic mass is 9.79. The van der Waals surface area contributed by atoms with Gasteiger partial charge in [0.2, 0.25) is 5.91 Å². The van der Waals surface area contributed by atoms with Gasteiger partial charge in [0.05, 0.1) is 12.6 Å². The van der Waals surface area contributed by atoms with Crippen molar-refractivity contribution in [2.45, 2.75) is 64.5 Å². The van der Waals surface area contributed by atoms with E-state index in [4.69, 9.17) is 5.73 Å². The van der Waals surface area contributed by atoms with Gasteiger partial charge in [-0.1, -0.05) is 63.4 Å². The first-order valence-corrected chi connectivity index (χ1v) is 10.3. The van der Waals surface area contributed by atoms with Crippen LogP contribution in [0, 0.1) is 11.3 Å². The minimum absolute atomic E-state index is 0.0702. The number of piperidine rings is 1. The summed E-state index contributed by atoms with van der Waals surface area (Å²) in [5.74, 6) is 0.706. The van der Waals surface area contributed by atoms with E-state index in [0.29, 0.717) is 12.5 Å². The van der Waals surface area contributed by atoms with Crippen molar-refractivity contribution >= 4 is 5.91 Å². The first kappa shape index (κ1) is 19.4. The van der Waals surface area contributed by atoms with E-state index in [9.17, 15) is 4.79 Å². The molecule has 1 saturated heterocycles. The maximum Gasteiger partial charge on any atom is 0.234 e. The molecular weight excluding hydrogens is 322 g/mol. The Balaban J connectivity index is 1.64. The summed E-state index contributed by atoms with van der Waals surface area (Å²) in [6.45, 7) is 6.69. The maximum atomic E-state index is 12.8. The second-order valence-corrected chi connectivity index (χ2v) is 8.95. The van der Waals surface area contributed by atoms with Crippen molar-refractivity contribution in [3.8, 4) is 0 Å². The summed E-state index contributed by atoms with van der Waals surface area (Å²) < 4.78 is 0. The molecule has 2 fully saturated rings. The lowest BCUT2D eigenvalue weighted by molar-refractivity contribution is -0.124. The summed E-state index contributed by atoms with van der Waals surface area (Å²) in [5, 5.41) is 3.38. The molecule has 144 valence electrons. The van der Waals surface area contributed by atoms with Crippen molar-refractivity contribution in [2.24, 2.45) is 17.1 Å². The van der Waals surface area contributed by atoms with Crippen LogP contribution in [0.5, 0.6) is 0 Å². The highest BCUT2D eigenvalue weighted by atomic mass is 16.2. The molecule has 0 spiro atoms. The third kappa shape index (κ3) is 4.86. The Bertz CT molecular complexity index is 580. The average Bonchev–Trinajstić information content (AvgIpc) is 2.64. The number of nitrogens with zero attached hydrogens (tertiary/aromatic N) is 1. The topological polar surface area (TPSA) is 58.4 Å². The predicted octanol–water partition coefficient (Wildman–Crippen LogP) is 3.48. The Morgan fingerprint density at radius 2 is 1.88 bits per heavy atom. The standard InChI is InChI=1S/C22H35N3O/c1-22(2)16-25(14-13-19(22)23)15-20(26)24-21(17-9-5-3-6-10-17)18-11-7-4-8-12-18/h3,5-6,9-10,18-19,21H,4,7-8,11-16,23H2,1-2H3,(H,24,26). The zero-order valence-electron chi connectivity index (χ0n) is 16.4. The van der Waals surface area contributed by atoms with Gasteiger partial charge in [0, 0.05) is 19.1 Å². The molecule has 3 N–H and O–H groups in total. The van der Waals surface area contributed by atoms with E-state index in [2.05, 4.69) is 48.3 Å². The molecule has 26 heavy (non-hydrogen) atoms. The van der Waals surface area contributed by atoms with Gasteiger partial charge >= 0.3 is 0 Å². The number of amides is 1. The predicted molar refractivity (Wildman–Crippen MR) is 107 cm³/mol. The van der Waals surface area contributed by atoms with Gasteiger partial charge in [0.25, 0.3) is 0 Å². The largest absolute Gasteiger partial charge is 0.348 e. The third-order valence-electron chi connectivity index (χ3n) is 6.35. The summed E-state index contributed by atoms with van der Waals surface area (Å²) in [5.41, 5.74) is 7.55. The van der Waals surface area contributed by atoms with Gasteiger partial charge in [-0.05, 0) is 36.2 Å². The monoisotopic (exact) mass is 357 g/mol. The third-order valence-corrected chi connectivity index (χ3v) is 6.35. The van der Waals surface area contributed by atoms with Crippen molar-refractivity contribution in [3.05, 3.63) is 35.9 Å². The number of benzene rings is 1. The highest BCUT2D eigenvalue weighted by Gasteiger charge is 2.34. The number of nitrogens with two attached hydrogens (primary N) is 1. The zero-order chi connectivity index (χ0) is 18.6. The van der Waals surface area contributed by atoms with Crippen molar-refractivity contribution in [1.29, 1.82) is 0 Å². The number of nitrogens with one attached hydrogen (secondary N) is 1. The van der Waals surface area contributed by atoms with E-state index in [1.807, 2.05) is 6.07 Å². The van der Waals surface area contributed by atoms with Crippen molar-refractivity contribution in [1.82, 2.24) is 10.2 Å². The normalized spacial score (nSPS) is 25.6. The zero-order valence-corrected chi connectivity index (χ0v) is 16.4. The Morgan fingerprint density at radius 3 is 2.54 bits per heavy atom. The van der Waals surface area contributed by atoms with Gasteiger partial charge < -0.3 is 11.1 Å². The maximum absolute atomic E-state index is 12.8. The van der Waals surface area contributed by atoms with Gasteiger partial charge in [0.1, 0.15) is 0 Å². The van der Waals surface area contributed by atoms with Crippen LogP contribution >= 0.6 is 0 Å². The lowest BCUT2D eigenvalue weighted by Crippen LogP contribution is -2.54. The minimum Gasteiger partial charge on any atom is -0.348 e. The Labute approximate surface area is 158 Å². The summed E-state index contributed by atoms with van der Waals surface area (Å²) in [4.78, 5) is 15.1. The Kier molecular flexibility index (Phi) is 6.36. The van der Waals surface area contributed by atoms with Gasteiger partial charge in [-0.25, -0.2) is 0 Å². The average molecular weight is 358 g/mol. The molecule has 4 heteroatoms. The molecule has 1 aromatic rings. The number of hydrogen-bond donors (Lipinski definition) is 2. The van der Waals surface area contributed by atoms with Gasteiger partial charge in [-0.3, -0.25) is 9.69 Å². The fourth-order valence-corrected chi connectivity index (χ4v) is 4.64. The van der Waals surface area contributed by atoms with Crippen molar-refractivity contribution < 1.29 is 4.79 Å². The molecule has 2 unspecified atom stereocenters. The van der Waals surface area contributed by atoms with Crippen LogP contribution in [0.25, 0.3) is 0 Å². The van der Waals surface area contributed by atoms with E-state index < -0.39 is 0 Å². The smallest absolute Gasteiger partial charge is 0.234 e. The second-order valence-electron chi connectivity index (χ2n) is 8.95. The molecule has 3 rings (SSSR count).